The van der Waals surface area contributed by atoms with Crippen molar-refractivity contribution in [3.8, 4) is 5.75 Å². The van der Waals surface area contributed by atoms with Crippen molar-refractivity contribution < 1.29 is 9.47 Å². The third-order valence-corrected chi connectivity index (χ3v) is 3.92. The molecule has 1 saturated heterocycles. The summed E-state index contributed by atoms with van der Waals surface area (Å²) in [5, 5.41) is 3.38. The molecule has 4 nitrogen and oxygen atoms in total. The minimum Gasteiger partial charge on any atom is -0.497 e. The van der Waals surface area contributed by atoms with Crippen LogP contribution >= 0.6 is 0 Å². The number of benzene rings is 1. The van der Waals surface area contributed by atoms with Crippen molar-refractivity contribution >= 4 is 0 Å². The Bertz CT molecular complexity index is 388. The minimum atomic E-state index is 0.293. The molecule has 0 saturated carbocycles. The molecule has 2 unspecified atom stereocenters. The maximum absolute atomic E-state index is 5.79. The van der Waals surface area contributed by atoms with Gasteiger partial charge in [-0.2, -0.15) is 0 Å². The molecule has 20 heavy (non-hydrogen) atoms. The van der Waals surface area contributed by atoms with E-state index in [1.54, 1.807) is 7.11 Å². The zero-order valence-electron chi connectivity index (χ0n) is 12.8. The van der Waals surface area contributed by atoms with Crippen LogP contribution in [0.25, 0.3) is 0 Å². The number of morpholine rings is 1. The van der Waals surface area contributed by atoms with Crippen molar-refractivity contribution in [1.29, 1.82) is 0 Å². The second-order valence-electron chi connectivity index (χ2n) is 5.33. The lowest BCUT2D eigenvalue weighted by molar-refractivity contribution is 0.00227. The Morgan fingerprint density at radius 3 is 2.70 bits per heavy atom. The average molecular weight is 278 g/mol. The molecule has 0 spiro atoms. The van der Waals surface area contributed by atoms with E-state index in [0.717, 1.165) is 38.4 Å². The van der Waals surface area contributed by atoms with Gasteiger partial charge >= 0.3 is 0 Å². The molecule has 0 aliphatic carbocycles. The second-order valence-corrected chi connectivity index (χ2v) is 5.33. The number of nitrogens with zero attached hydrogens (tertiary/aromatic N) is 1. The monoisotopic (exact) mass is 278 g/mol. The normalized spacial score (nSPS) is 20.9. The molecule has 1 aliphatic heterocycles. The summed E-state index contributed by atoms with van der Waals surface area (Å²) in [6, 6.07) is 8.80. The Morgan fingerprint density at radius 1 is 1.40 bits per heavy atom. The van der Waals surface area contributed by atoms with Crippen LogP contribution in [0.5, 0.6) is 5.75 Å². The largest absolute Gasteiger partial charge is 0.497 e. The van der Waals surface area contributed by atoms with Gasteiger partial charge < -0.3 is 14.8 Å². The van der Waals surface area contributed by atoms with Gasteiger partial charge in [0.25, 0.3) is 0 Å². The number of ether oxygens (including phenoxy) is 2. The molecule has 1 N–H and O–H groups in total. The maximum atomic E-state index is 5.79. The van der Waals surface area contributed by atoms with Crippen molar-refractivity contribution in [3.63, 3.8) is 0 Å². The molecule has 0 radical (unpaired) electrons. The number of rotatable bonds is 6. The number of likely N-dealkylation sites (N-methyl/N-ethyl adjacent to an activating group) is 1. The summed E-state index contributed by atoms with van der Waals surface area (Å²) in [5.41, 5.74) is 1.33. The first-order chi connectivity index (χ1) is 9.74. The van der Waals surface area contributed by atoms with Gasteiger partial charge in [-0.1, -0.05) is 19.1 Å². The third-order valence-electron chi connectivity index (χ3n) is 3.92. The lowest BCUT2D eigenvalue weighted by atomic mass is 10.0. The molecule has 1 fully saturated rings. The van der Waals surface area contributed by atoms with E-state index in [4.69, 9.17) is 9.47 Å². The zero-order chi connectivity index (χ0) is 14.4. The fourth-order valence-corrected chi connectivity index (χ4v) is 2.81. The Balaban J connectivity index is 1.98. The predicted octanol–water partition coefficient (Wildman–Crippen LogP) is 2.07. The summed E-state index contributed by atoms with van der Waals surface area (Å²) in [6.07, 6.45) is 1.38. The lowest BCUT2D eigenvalue weighted by Crippen LogP contribution is -2.45. The number of hydrogen-bond acceptors (Lipinski definition) is 4. The van der Waals surface area contributed by atoms with Gasteiger partial charge in [-0.05, 0) is 31.2 Å². The summed E-state index contributed by atoms with van der Waals surface area (Å²) in [4.78, 5) is 2.39. The first kappa shape index (κ1) is 15.3. The van der Waals surface area contributed by atoms with Crippen LogP contribution in [-0.2, 0) is 4.74 Å². The lowest BCUT2D eigenvalue weighted by Gasteiger charge is -2.33. The van der Waals surface area contributed by atoms with Gasteiger partial charge in [0.2, 0.25) is 0 Å². The Labute approximate surface area is 122 Å². The molecule has 1 aromatic rings. The molecule has 112 valence electrons. The number of methoxy groups -OCH3 is 1. The van der Waals surface area contributed by atoms with E-state index in [9.17, 15) is 0 Å². The molecule has 1 heterocycles. The first-order valence-corrected chi connectivity index (χ1v) is 7.41. The van der Waals surface area contributed by atoms with Crippen LogP contribution in [0.2, 0.25) is 0 Å². The smallest absolute Gasteiger partial charge is 0.118 e. The van der Waals surface area contributed by atoms with Crippen LogP contribution in [0.3, 0.4) is 0 Å². The molecular weight excluding hydrogens is 252 g/mol. The van der Waals surface area contributed by atoms with Crippen molar-refractivity contribution in [2.45, 2.75) is 25.5 Å². The molecule has 0 aromatic heterocycles. The van der Waals surface area contributed by atoms with Crippen LogP contribution in [0.1, 0.15) is 24.9 Å². The van der Waals surface area contributed by atoms with E-state index >= 15 is 0 Å². The molecular formula is C16H26N2O2. The molecule has 2 rings (SSSR count). The summed E-state index contributed by atoms with van der Waals surface area (Å²) in [5.74, 6) is 0.908. The molecule has 0 bridgehead atoms. The summed E-state index contributed by atoms with van der Waals surface area (Å²) < 4.78 is 11.0. The van der Waals surface area contributed by atoms with Crippen LogP contribution < -0.4 is 10.1 Å². The topological polar surface area (TPSA) is 33.7 Å². The molecule has 4 heteroatoms. The van der Waals surface area contributed by atoms with Gasteiger partial charge in [0.1, 0.15) is 5.75 Å². The molecule has 1 aliphatic rings. The van der Waals surface area contributed by atoms with Crippen LogP contribution in [0.15, 0.2) is 24.3 Å². The standard InChI is InChI=1S/C16H26N2O2/c1-4-16(13-5-7-14(19-3)8-6-13)18(2)12-15-11-17-9-10-20-15/h5-8,15-17H,4,9-12H2,1-3H3. The van der Waals surface area contributed by atoms with E-state index < -0.39 is 0 Å². The zero-order valence-corrected chi connectivity index (χ0v) is 12.8. The molecule has 1 aromatic carbocycles. The maximum Gasteiger partial charge on any atom is 0.118 e. The third kappa shape index (κ3) is 3.95. The quantitative estimate of drug-likeness (QED) is 0.863. The Morgan fingerprint density at radius 2 is 2.15 bits per heavy atom. The van der Waals surface area contributed by atoms with Gasteiger partial charge in [-0.3, -0.25) is 4.90 Å². The Kier molecular flexibility index (Phi) is 5.83. The van der Waals surface area contributed by atoms with Crippen LogP contribution in [-0.4, -0.2) is 51.4 Å². The number of nitrogens with one attached hydrogen (secondary N) is 1. The fraction of sp³-hybridized carbons (Fsp3) is 0.625. The summed E-state index contributed by atoms with van der Waals surface area (Å²) in [6.45, 7) is 5.92. The van der Waals surface area contributed by atoms with Gasteiger partial charge in [0, 0.05) is 25.7 Å². The van der Waals surface area contributed by atoms with E-state index in [1.807, 2.05) is 12.1 Å². The van der Waals surface area contributed by atoms with Crippen molar-refractivity contribution in [3.05, 3.63) is 29.8 Å². The molecule has 0 amide bonds. The minimum absolute atomic E-state index is 0.293. The van der Waals surface area contributed by atoms with Gasteiger partial charge in [-0.15, -0.1) is 0 Å². The van der Waals surface area contributed by atoms with E-state index in [-0.39, 0.29) is 0 Å². The van der Waals surface area contributed by atoms with Crippen LogP contribution in [0.4, 0.5) is 0 Å². The highest BCUT2D eigenvalue weighted by molar-refractivity contribution is 5.29. The second kappa shape index (κ2) is 7.62. The highest BCUT2D eigenvalue weighted by Gasteiger charge is 2.21. The fourth-order valence-electron chi connectivity index (χ4n) is 2.81. The Hall–Kier alpha value is -1.10. The van der Waals surface area contributed by atoms with E-state index in [1.165, 1.54) is 5.56 Å². The number of hydrogen-bond donors (Lipinski definition) is 1. The summed E-state index contributed by atoms with van der Waals surface area (Å²) >= 11 is 0. The van der Waals surface area contributed by atoms with E-state index in [2.05, 4.69) is 36.3 Å². The predicted molar refractivity (Wildman–Crippen MR) is 81.3 cm³/mol. The highest BCUT2D eigenvalue weighted by atomic mass is 16.5. The van der Waals surface area contributed by atoms with Crippen LogP contribution in [0, 0.1) is 0 Å². The van der Waals surface area contributed by atoms with Gasteiger partial charge in [0.05, 0.1) is 19.8 Å². The van der Waals surface area contributed by atoms with E-state index in [0.29, 0.717) is 12.1 Å². The molecule has 2 atom stereocenters. The van der Waals surface area contributed by atoms with Crippen molar-refractivity contribution in [2.75, 3.05) is 40.4 Å². The van der Waals surface area contributed by atoms with Gasteiger partial charge in [-0.25, -0.2) is 0 Å². The van der Waals surface area contributed by atoms with Crippen molar-refractivity contribution in [1.82, 2.24) is 10.2 Å². The first-order valence-electron chi connectivity index (χ1n) is 7.41. The van der Waals surface area contributed by atoms with Gasteiger partial charge in [0.15, 0.2) is 0 Å². The van der Waals surface area contributed by atoms with Crippen molar-refractivity contribution in [2.24, 2.45) is 0 Å². The average Bonchev–Trinajstić information content (AvgIpc) is 2.49. The highest BCUT2D eigenvalue weighted by Crippen LogP contribution is 2.25. The summed E-state index contributed by atoms with van der Waals surface area (Å²) in [7, 11) is 3.88. The SMILES string of the molecule is CCC(c1ccc(OC)cc1)N(C)CC1CNCCO1.